The second-order valence-electron chi connectivity index (χ2n) is 8.79. The summed E-state index contributed by atoms with van der Waals surface area (Å²) < 4.78 is 36.4. The van der Waals surface area contributed by atoms with Gasteiger partial charge in [-0.05, 0) is 32.0 Å². The average Bonchev–Trinajstić information content (AvgIpc) is 3.08. The molecule has 1 fully saturated rings. The number of aliphatic hydroxyl groups is 2. The van der Waals surface area contributed by atoms with E-state index >= 15 is 0 Å². The van der Waals surface area contributed by atoms with Crippen LogP contribution in [0.1, 0.15) is 20.8 Å². The monoisotopic (exact) mass is 536 g/mol. The van der Waals surface area contributed by atoms with Crippen molar-refractivity contribution in [2.24, 2.45) is 5.92 Å². The van der Waals surface area contributed by atoms with E-state index in [1.54, 1.807) is 50.2 Å². The summed E-state index contributed by atoms with van der Waals surface area (Å²) in [6.45, 7) is 4.24. The zero-order valence-corrected chi connectivity index (χ0v) is 21.4. The van der Waals surface area contributed by atoms with E-state index in [1.165, 1.54) is 13.0 Å². The summed E-state index contributed by atoms with van der Waals surface area (Å²) in [7, 11) is -4.09. The largest absolute Gasteiger partial charge is 0.463 e. The van der Waals surface area contributed by atoms with Crippen molar-refractivity contribution in [2.75, 3.05) is 18.5 Å². The minimum atomic E-state index is -4.09. The van der Waals surface area contributed by atoms with Crippen molar-refractivity contribution in [2.45, 2.75) is 50.9 Å². The van der Waals surface area contributed by atoms with Gasteiger partial charge in [0, 0.05) is 6.20 Å². The Morgan fingerprint density at radius 1 is 1.30 bits per heavy atom. The van der Waals surface area contributed by atoms with Gasteiger partial charge < -0.3 is 29.9 Å². The number of esters is 1. The number of aliphatic hydroxyl groups excluding tert-OH is 2. The van der Waals surface area contributed by atoms with Gasteiger partial charge in [0.15, 0.2) is 0 Å². The van der Waals surface area contributed by atoms with Crippen molar-refractivity contribution in [3.05, 3.63) is 53.1 Å². The molecule has 13 nitrogen and oxygen atoms in total. The van der Waals surface area contributed by atoms with Gasteiger partial charge in [-0.15, -0.1) is 0 Å². The first-order valence-electron chi connectivity index (χ1n) is 11.4. The Hall–Kier alpha value is -3.27. The molecule has 0 bridgehead atoms. The highest BCUT2D eigenvalue weighted by Crippen LogP contribution is 2.51. The number of hydrogen-bond donors (Lipinski definition) is 3. The maximum atomic E-state index is 13.7. The third-order valence-corrected chi connectivity index (χ3v) is 7.48. The van der Waals surface area contributed by atoms with Crippen LogP contribution >= 0.6 is 7.60 Å². The number of nitrogen functional groups attached to an aromatic ring is 1. The van der Waals surface area contributed by atoms with Gasteiger partial charge >= 0.3 is 19.3 Å². The molecule has 37 heavy (non-hydrogen) atoms. The SMILES string of the molecule is CC(C)OC(=O)[C@H](C)C[P@](=O)(OC[C@H]1O[C@@](C#N)(n2ccc(N)nc2=O)[C@H](O)[C@@H]1O)Oc1ccccc1. The van der Waals surface area contributed by atoms with Crippen molar-refractivity contribution in [1.29, 1.82) is 5.26 Å². The summed E-state index contributed by atoms with van der Waals surface area (Å²) in [5.41, 5.74) is 2.14. The fourth-order valence-electron chi connectivity index (χ4n) is 3.66. The molecule has 6 atom stereocenters. The van der Waals surface area contributed by atoms with E-state index in [-0.39, 0.29) is 23.8 Å². The lowest BCUT2D eigenvalue weighted by atomic mass is 10.0. The standard InChI is InChI=1S/C23H29N4O9P/c1-14(2)34-21(30)15(3)12-37(32,36-16-7-5-4-6-8-16)33-11-17-19(28)20(29)23(13-24,35-17)27-10-9-18(25)26-22(27)31/h4-10,14-15,17,19-20,28-29H,11-12H2,1-3H3,(H2,25,26,31)/t15-,17-,19-,20-,23-,37+/m1/s1. The number of aromatic nitrogens is 2. The molecule has 2 heterocycles. The van der Waals surface area contributed by atoms with Crippen LogP contribution in [0.2, 0.25) is 0 Å². The van der Waals surface area contributed by atoms with Gasteiger partial charge in [0.05, 0.1) is 24.8 Å². The summed E-state index contributed by atoms with van der Waals surface area (Å²) in [4.78, 5) is 28.2. The number of anilines is 1. The summed E-state index contributed by atoms with van der Waals surface area (Å²) >= 11 is 0. The molecule has 0 amide bonds. The van der Waals surface area contributed by atoms with Crippen LogP contribution in [-0.2, 0) is 29.1 Å². The number of nitrogens with zero attached hydrogens (tertiary/aromatic N) is 3. The highest BCUT2D eigenvalue weighted by molar-refractivity contribution is 7.54. The third-order valence-electron chi connectivity index (χ3n) is 5.45. The van der Waals surface area contributed by atoms with Crippen molar-refractivity contribution < 1.29 is 38.1 Å². The number of nitrogens with two attached hydrogens (primary N) is 1. The van der Waals surface area contributed by atoms with E-state index < -0.39 is 55.8 Å². The van der Waals surface area contributed by atoms with Gasteiger partial charge in [-0.3, -0.25) is 13.9 Å². The minimum absolute atomic E-state index is 0.119. The Morgan fingerprint density at radius 3 is 2.57 bits per heavy atom. The minimum Gasteiger partial charge on any atom is -0.463 e. The summed E-state index contributed by atoms with van der Waals surface area (Å²) in [5.74, 6) is -1.41. The third kappa shape index (κ3) is 6.36. The zero-order chi connectivity index (χ0) is 27.4. The highest BCUT2D eigenvalue weighted by atomic mass is 31.2. The van der Waals surface area contributed by atoms with Gasteiger partial charge in [-0.1, -0.05) is 25.1 Å². The first kappa shape index (κ1) is 28.3. The van der Waals surface area contributed by atoms with E-state index in [1.807, 2.05) is 0 Å². The Labute approximate surface area is 212 Å². The van der Waals surface area contributed by atoms with Crippen molar-refractivity contribution in [3.8, 4) is 11.8 Å². The van der Waals surface area contributed by atoms with Crippen LogP contribution < -0.4 is 15.9 Å². The second-order valence-corrected chi connectivity index (χ2v) is 10.8. The molecule has 0 saturated carbocycles. The van der Waals surface area contributed by atoms with E-state index in [4.69, 9.17) is 24.3 Å². The first-order valence-corrected chi connectivity index (χ1v) is 13.1. The van der Waals surface area contributed by atoms with Crippen LogP contribution in [0.5, 0.6) is 5.75 Å². The van der Waals surface area contributed by atoms with E-state index in [2.05, 4.69) is 4.98 Å². The van der Waals surface area contributed by atoms with Gasteiger partial charge in [0.1, 0.15) is 35.9 Å². The molecule has 1 aromatic heterocycles. The molecule has 1 aliphatic heterocycles. The number of carbonyl (C=O) groups excluding carboxylic acids is 1. The van der Waals surface area contributed by atoms with Gasteiger partial charge in [0.25, 0.3) is 5.72 Å². The lowest BCUT2D eigenvalue weighted by Crippen LogP contribution is -2.49. The fraction of sp³-hybridized carbons (Fsp3) is 0.478. The molecule has 0 aliphatic carbocycles. The molecule has 4 N–H and O–H groups in total. The van der Waals surface area contributed by atoms with Crippen LogP contribution in [0.3, 0.4) is 0 Å². The van der Waals surface area contributed by atoms with Crippen LogP contribution in [0.15, 0.2) is 47.4 Å². The van der Waals surface area contributed by atoms with Gasteiger partial charge in [0.2, 0.25) is 0 Å². The number of para-hydroxylation sites is 1. The molecule has 14 heteroatoms. The fourth-order valence-corrected chi connectivity index (χ4v) is 5.53. The molecule has 1 saturated heterocycles. The molecule has 1 aliphatic rings. The van der Waals surface area contributed by atoms with Gasteiger partial charge in [-0.25, -0.2) is 9.36 Å². The Morgan fingerprint density at radius 2 is 1.97 bits per heavy atom. The predicted molar refractivity (Wildman–Crippen MR) is 129 cm³/mol. The van der Waals surface area contributed by atoms with E-state index in [0.717, 1.165) is 6.20 Å². The lowest BCUT2D eigenvalue weighted by molar-refractivity contribution is -0.151. The van der Waals surface area contributed by atoms with Gasteiger partial charge in [-0.2, -0.15) is 10.2 Å². The van der Waals surface area contributed by atoms with Crippen LogP contribution in [-0.4, -0.2) is 62.9 Å². The molecule has 0 radical (unpaired) electrons. The summed E-state index contributed by atoms with van der Waals surface area (Å²) in [6, 6.07) is 11.0. The number of hydrogen-bond acceptors (Lipinski definition) is 12. The Balaban J connectivity index is 1.83. The Bertz CT molecular complexity index is 1250. The van der Waals surface area contributed by atoms with E-state index in [9.17, 15) is 29.6 Å². The smallest absolute Gasteiger partial charge is 0.380 e. The molecular weight excluding hydrogens is 507 g/mol. The molecule has 3 rings (SSSR count). The molecule has 2 aromatic rings. The van der Waals surface area contributed by atoms with Crippen molar-refractivity contribution in [3.63, 3.8) is 0 Å². The molecule has 1 aromatic carbocycles. The predicted octanol–water partition coefficient (Wildman–Crippen LogP) is 0.999. The normalized spacial score (nSPS) is 25.7. The molecule has 200 valence electrons. The number of rotatable bonds is 10. The number of ether oxygens (including phenoxy) is 2. The molecular formula is C23H29N4O9P. The Kier molecular flexibility index (Phi) is 8.73. The lowest BCUT2D eigenvalue weighted by Gasteiger charge is -2.26. The number of carbonyl (C=O) groups is 1. The topological polar surface area (TPSA) is 196 Å². The van der Waals surface area contributed by atoms with Crippen LogP contribution in [0.4, 0.5) is 5.82 Å². The maximum absolute atomic E-state index is 13.7. The second kappa shape index (κ2) is 11.4. The zero-order valence-electron chi connectivity index (χ0n) is 20.5. The van der Waals surface area contributed by atoms with Crippen molar-refractivity contribution >= 4 is 19.4 Å². The number of nitriles is 1. The molecule has 0 unspecified atom stereocenters. The average molecular weight is 536 g/mol. The van der Waals surface area contributed by atoms with Crippen molar-refractivity contribution in [1.82, 2.24) is 9.55 Å². The number of benzene rings is 1. The maximum Gasteiger partial charge on any atom is 0.380 e. The van der Waals surface area contributed by atoms with Crippen LogP contribution in [0.25, 0.3) is 0 Å². The summed E-state index contributed by atoms with van der Waals surface area (Å²) in [5, 5.41) is 31.1. The van der Waals surface area contributed by atoms with Crippen LogP contribution in [0, 0.1) is 17.2 Å². The quantitative estimate of drug-likeness (QED) is 0.288. The highest BCUT2D eigenvalue weighted by Gasteiger charge is 2.57. The van der Waals surface area contributed by atoms with E-state index in [0.29, 0.717) is 4.57 Å². The molecule has 0 spiro atoms. The first-order chi connectivity index (χ1) is 17.4. The summed E-state index contributed by atoms with van der Waals surface area (Å²) in [6.07, 6.45) is -4.70.